The predicted molar refractivity (Wildman–Crippen MR) is 116 cm³/mol. The van der Waals surface area contributed by atoms with Crippen LogP contribution in [0.5, 0.6) is 5.75 Å². The summed E-state index contributed by atoms with van der Waals surface area (Å²) in [4.78, 5) is 3.87. The first-order valence-electron chi connectivity index (χ1n) is 8.95. The summed E-state index contributed by atoms with van der Waals surface area (Å²) in [6.45, 7) is -1.53. The molecule has 0 bridgehead atoms. The Labute approximate surface area is 186 Å². The fourth-order valence-electron chi connectivity index (χ4n) is 3.23. The summed E-state index contributed by atoms with van der Waals surface area (Å²) >= 11 is 12.5. The van der Waals surface area contributed by atoms with Crippen molar-refractivity contribution in [2.75, 3.05) is 10.1 Å². The smallest absolute Gasteiger partial charge is 0.387 e. The zero-order valence-corrected chi connectivity index (χ0v) is 18.2. The van der Waals surface area contributed by atoms with Crippen LogP contribution in [0.4, 0.5) is 20.2 Å². The van der Waals surface area contributed by atoms with Crippen molar-refractivity contribution in [1.82, 2.24) is 4.98 Å². The summed E-state index contributed by atoms with van der Waals surface area (Å²) in [5, 5.41) is 1.09. The number of hydrogen-bond acceptors (Lipinski definition) is 5. The molecule has 6 nitrogen and oxygen atoms in total. The Hall–Kier alpha value is -2.62. The highest BCUT2D eigenvalue weighted by Gasteiger charge is 2.28. The molecular formula is C20H14Cl2F2N2O4S. The Morgan fingerprint density at radius 2 is 1.84 bits per heavy atom. The van der Waals surface area contributed by atoms with Crippen molar-refractivity contribution in [3.63, 3.8) is 0 Å². The van der Waals surface area contributed by atoms with E-state index in [1.807, 2.05) is 0 Å². The van der Waals surface area contributed by atoms with Gasteiger partial charge in [0.05, 0.1) is 27.2 Å². The maximum absolute atomic E-state index is 13.0. The van der Waals surface area contributed by atoms with Gasteiger partial charge in [-0.05, 0) is 31.2 Å². The molecule has 4 aromatic rings. The highest BCUT2D eigenvalue weighted by molar-refractivity contribution is 7.93. The summed E-state index contributed by atoms with van der Waals surface area (Å²) in [6, 6.07) is 9.18. The summed E-state index contributed by atoms with van der Waals surface area (Å²) in [5.74, 6) is -0.345. The van der Waals surface area contributed by atoms with Gasteiger partial charge in [0.25, 0.3) is 0 Å². The number of anilines is 2. The fraction of sp³-hybridized carbons (Fsp3) is 0.150. The average molecular weight is 487 g/mol. The van der Waals surface area contributed by atoms with Crippen molar-refractivity contribution in [1.29, 1.82) is 0 Å². The first-order chi connectivity index (χ1) is 14.7. The molecule has 0 N–H and O–H groups in total. The van der Waals surface area contributed by atoms with Gasteiger partial charge in [0.1, 0.15) is 5.58 Å². The van der Waals surface area contributed by atoms with Crippen LogP contribution >= 0.6 is 23.2 Å². The summed E-state index contributed by atoms with van der Waals surface area (Å²) in [6.07, 6.45) is 2.58. The van der Waals surface area contributed by atoms with Gasteiger partial charge in [0.15, 0.2) is 11.3 Å². The molecule has 4 rings (SSSR count). The first-order valence-corrected chi connectivity index (χ1v) is 11.3. The highest BCUT2D eigenvalue weighted by Crippen LogP contribution is 2.42. The molecule has 2 aromatic heterocycles. The molecule has 162 valence electrons. The Morgan fingerprint density at radius 1 is 1.13 bits per heavy atom. The largest absolute Gasteiger partial charge is 0.452 e. The number of halogens is 4. The second-order valence-electron chi connectivity index (χ2n) is 6.41. The number of furan rings is 1. The number of para-hydroxylation sites is 1. The van der Waals surface area contributed by atoms with E-state index >= 15 is 0 Å². The lowest BCUT2D eigenvalue weighted by molar-refractivity contribution is -0.0493. The topological polar surface area (TPSA) is 72.6 Å². The lowest BCUT2D eigenvalue weighted by atomic mass is 10.1. The van der Waals surface area contributed by atoms with E-state index in [2.05, 4.69) is 9.72 Å². The van der Waals surface area contributed by atoms with E-state index in [0.29, 0.717) is 16.4 Å². The SMILES string of the molecule is CCS(=O)(=O)N(c1ccc2oc3c(OC(F)F)cccc3c2c1)c1c(Cl)cncc1Cl. The quantitative estimate of drug-likeness (QED) is 0.316. The van der Waals surface area contributed by atoms with E-state index in [1.54, 1.807) is 18.2 Å². The molecule has 2 aromatic carbocycles. The minimum Gasteiger partial charge on any atom is -0.452 e. The van der Waals surface area contributed by atoms with Gasteiger partial charge in [0.2, 0.25) is 10.0 Å². The van der Waals surface area contributed by atoms with Crippen LogP contribution < -0.4 is 9.04 Å². The molecule has 0 atom stereocenters. The number of nitrogens with zero attached hydrogens (tertiary/aromatic N) is 2. The zero-order valence-electron chi connectivity index (χ0n) is 15.9. The monoisotopic (exact) mass is 486 g/mol. The molecule has 0 amide bonds. The molecule has 0 spiro atoms. The number of hydrogen-bond donors (Lipinski definition) is 0. The number of alkyl halides is 2. The standard InChI is InChI=1S/C20H14Cl2F2N2O4S/c1-2-31(27,28)26(18-14(21)9-25-10-15(18)22)11-6-7-16-13(8-11)12-4-3-5-17(19(12)29-16)30-20(23)24/h3-10,20H,2H2,1H3. The summed E-state index contributed by atoms with van der Waals surface area (Å²) in [7, 11) is -3.86. The molecule has 0 aliphatic carbocycles. The van der Waals surface area contributed by atoms with Crippen LogP contribution in [0.25, 0.3) is 21.9 Å². The van der Waals surface area contributed by atoms with Crippen molar-refractivity contribution in [3.8, 4) is 5.75 Å². The van der Waals surface area contributed by atoms with Crippen LogP contribution in [0.1, 0.15) is 6.92 Å². The molecule has 11 heteroatoms. The minimum absolute atomic E-state index is 0.0503. The normalized spacial score (nSPS) is 12.1. The number of rotatable bonds is 6. The molecule has 0 saturated heterocycles. The van der Waals surface area contributed by atoms with Crippen molar-refractivity contribution < 1.29 is 26.4 Å². The Kier molecular flexibility index (Phi) is 5.67. The number of ether oxygens (including phenoxy) is 1. The van der Waals surface area contributed by atoms with Gasteiger partial charge in [-0.15, -0.1) is 0 Å². The van der Waals surface area contributed by atoms with Crippen LogP contribution in [0, 0.1) is 0 Å². The predicted octanol–water partition coefficient (Wildman–Crippen LogP) is 6.38. The molecule has 0 saturated carbocycles. The van der Waals surface area contributed by atoms with Gasteiger partial charge in [-0.1, -0.05) is 35.3 Å². The van der Waals surface area contributed by atoms with E-state index in [4.69, 9.17) is 27.6 Å². The van der Waals surface area contributed by atoms with E-state index in [1.165, 1.54) is 37.5 Å². The molecule has 0 aliphatic heterocycles. The summed E-state index contributed by atoms with van der Waals surface area (Å²) < 4.78 is 62.7. The van der Waals surface area contributed by atoms with E-state index in [9.17, 15) is 17.2 Å². The van der Waals surface area contributed by atoms with Crippen molar-refractivity contribution in [2.24, 2.45) is 0 Å². The Bertz CT molecular complexity index is 1370. The highest BCUT2D eigenvalue weighted by atomic mass is 35.5. The van der Waals surface area contributed by atoms with Crippen LogP contribution in [0.15, 0.2) is 53.2 Å². The maximum atomic E-state index is 13.0. The van der Waals surface area contributed by atoms with E-state index in [-0.39, 0.29) is 38.5 Å². The Balaban J connectivity index is 1.97. The van der Waals surface area contributed by atoms with Crippen LogP contribution in [-0.2, 0) is 10.0 Å². The number of aromatic nitrogens is 1. The van der Waals surface area contributed by atoms with Crippen LogP contribution in [0.2, 0.25) is 10.0 Å². The Morgan fingerprint density at radius 3 is 2.48 bits per heavy atom. The number of fused-ring (bicyclic) bond motifs is 3. The van der Waals surface area contributed by atoms with E-state index < -0.39 is 16.6 Å². The minimum atomic E-state index is -3.86. The first kappa shape index (κ1) is 21.6. The maximum Gasteiger partial charge on any atom is 0.387 e. The van der Waals surface area contributed by atoms with Crippen LogP contribution in [0.3, 0.4) is 0 Å². The van der Waals surface area contributed by atoms with Gasteiger partial charge >= 0.3 is 6.61 Å². The van der Waals surface area contributed by atoms with Crippen molar-refractivity contribution in [3.05, 3.63) is 58.8 Å². The van der Waals surface area contributed by atoms with Gasteiger partial charge in [-0.3, -0.25) is 4.98 Å². The fourth-order valence-corrected chi connectivity index (χ4v) is 5.03. The molecular weight excluding hydrogens is 473 g/mol. The lowest BCUT2D eigenvalue weighted by Gasteiger charge is -2.25. The van der Waals surface area contributed by atoms with Gasteiger partial charge < -0.3 is 9.15 Å². The molecule has 0 unspecified atom stereocenters. The molecule has 2 heterocycles. The van der Waals surface area contributed by atoms with Crippen molar-refractivity contribution >= 4 is 66.5 Å². The molecule has 31 heavy (non-hydrogen) atoms. The second-order valence-corrected chi connectivity index (χ2v) is 9.33. The van der Waals surface area contributed by atoms with Gasteiger partial charge in [-0.25, -0.2) is 12.7 Å². The number of benzene rings is 2. The van der Waals surface area contributed by atoms with Crippen molar-refractivity contribution in [2.45, 2.75) is 13.5 Å². The molecule has 0 radical (unpaired) electrons. The average Bonchev–Trinajstić information content (AvgIpc) is 3.09. The molecule has 0 fully saturated rings. The third kappa shape index (κ3) is 3.88. The second kappa shape index (κ2) is 8.14. The zero-order chi connectivity index (χ0) is 22.3. The molecule has 0 aliphatic rings. The third-order valence-electron chi connectivity index (χ3n) is 4.57. The number of pyridine rings is 1. The summed E-state index contributed by atoms with van der Waals surface area (Å²) in [5.41, 5.74) is 0.797. The lowest BCUT2D eigenvalue weighted by Crippen LogP contribution is -2.28. The van der Waals surface area contributed by atoms with E-state index in [0.717, 1.165) is 4.31 Å². The third-order valence-corrected chi connectivity index (χ3v) is 6.80. The van der Waals surface area contributed by atoms with Gasteiger partial charge in [0, 0.05) is 23.2 Å². The van der Waals surface area contributed by atoms with Gasteiger partial charge in [-0.2, -0.15) is 8.78 Å². The number of sulfonamides is 1. The van der Waals surface area contributed by atoms with Crippen LogP contribution in [-0.4, -0.2) is 25.8 Å².